The molecule has 16 heavy (non-hydrogen) atoms. The molecule has 1 nitrogen and oxygen atoms in total. The zero-order valence-corrected chi connectivity index (χ0v) is 10.9. The molecule has 0 amide bonds. The highest BCUT2D eigenvalue weighted by Crippen LogP contribution is 2.25. The van der Waals surface area contributed by atoms with Gasteiger partial charge in [-0.2, -0.15) is 0 Å². The molecule has 1 N–H and O–H groups in total. The van der Waals surface area contributed by atoms with Gasteiger partial charge in [-0.05, 0) is 43.0 Å². The molecule has 0 saturated carbocycles. The van der Waals surface area contributed by atoms with E-state index in [1.807, 2.05) is 19.1 Å². The van der Waals surface area contributed by atoms with Crippen LogP contribution >= 0.6 is 22.9 Å². The predicted octanol–water partition coefficient (Wildman–Crippen LogP) is 4.88. The molecule has 0 aliphatic carbocycles. The molecule has 1 aromatic carbocycles. The Morgan fingerprint density at radius 3 is 2.75 bits per heavy atom. The number of hydrogen-bond donors (Lipinski definition) is 1. The van der Waals surface area contributed by atoms with Crippen LogP contribution in [-0.4, -0.2) is 0 Å². The van der Waals surface area contributed by atoms with E-state index in [1.54, 1.807) is 11.3 Å². The van der Waals surface area contributed by atoms with E-state index in [4.69, 9.17) is 11.6 Å². The molecule has 0 spiro atoms. The second kappa shape index (κ2) is 4.89. The minimum Gasteiger partial charge on any atom is -0.378 e. The van der Waals surface area contributed by atoms with Crippen molar-refractivity contribution in [2.24, 2.45) is 0 Å². The maximum absolute atomic E-state index is 6.08. The van der Waals surface area contributed by atoms with E-state index in [9.17, 15) is 0 Å². The fraction of sp³-hybridized carbons (Fsp3) is 0.231. The molecular weight excluding hydrogens is 238 g/mol. The Morgan fingerprint density at radius 2 is 2.12 bits per heavy atom. The van der Waals surface area contributed by atoms with Gasteiger partial charge >= 0.3 is 0 Å². The van der Waals surface area contributed by atoms with Gasteiger partial charge in [-0.25, -0.2) is 0 Å². The predicted molar refractivity (Wildman–Crippen MR) is 72.5 cm³/mol. The number of aryl methyl sites for hydroxylation is 1. The molecule has 0 aliphatic rings. The van der Waals surface area contributed by atoms with Gasteiger partial charge in [0.15, 0.2) is 0 Å². The van der Waals surface area contributed by atoms with Crippen molar-refractivity contribution in [3.8, 4) is 0 Å². The van der Waals surface area contributed by atoms with E-state index in [2.05, 4.69) is 35.8 Å². The fourth-order valence-electron chi connectivity index (χ4n) is 1.54. The normalized spacial score (nSPS) is 12.4. The summed E-state index contributed by atoms with van der Waals surface area (Å²) >= 11 is 7.85. The van der Waals surface area contributed by atoms with Crippen molar-refractivity contribution in [3.05, 3.63) is 51.2 Å². The summed E-state index contributed by atoms with van der Waals surface area (Å²) in [6.07, 6.45) is 0. The lowest BCUT2D eigenvalue weighted by Crippen LogP contribution is -2.04. The van der Waals surface area contributed by atoms with Crippen LogP contribution in [0.1, 0.15) is 23.4 Å². The van der Waals surface area contributed by atoms with Crippen LogP contribution in [0.4, 0.5) is 5.69 Å². The van der Waals surface area contributed by atoms with E-state index >= 15 is 0 Å². The average molecular weight is 252 g/mol. The first-order valence-corrected chi connectivity index (χ1v) is 6.48. The van der Waals surface area contributed by atoms with Gasteiger partial charge < -0.3 is 5.32 Å². The topological polar surface area (TPSA) is 12.0 Å². The molecule has 1 atom stereocenters. The molecule has 3 heteroatoms. The lowest BCUT2D eigenvalue weighted by Gasteiger charge is -2.14. The van der Waals surface area contributed by atoms with Gasteiger partial charge in [0.2, 0.25) is 0 Å². The molecule has 2 rings (SSSR count). The van der Waals surface area contributed by atoms with Crippen LogP contribution in [0.25, 0.3) is 0 Å². The van der Waals surface area contributed by atoms with Gasteiger partial charge in [-0.3, -0.25) is 0 Å². The number of rotatable bonds is 3. The van der Waals surface area contributed by atoms with Crippen molar-refractivity contribution in [1.29, 1.82) is 0 Å². The van der Waals surface area contributed by atoms with Gasteiger partial charge in [-0.15, -0.1) is 11.3 Å². The summed E-state index contributed by atoms with van der Waals surface area (Å²) in [5.41, 5.74) is 2.17. The third-order valence-electron chi connectivity index (χ3n) is 2.52. The molecule has 1 unspecified atom stereocenters. The Bertz CT molecular complexity index is 465. The third-order valence-corrected chi connectivity index (χ3v) is 3.99. The van der Waals surface area contributed by atoms with E-state index in [-0.39, 0.29) is 0 Å². The molecule has 0 saturated heterocycles. The van der Waals surface area contributed by atoms with Crippen molar-refractivity contribution in [1.82, 2.24) is 0 Å². The molecule has 0 aliphatic heterocycles. The average Bonchev–Trinajstić information content (AvgIpc) is 2.77. The van der Waals surface area contributed by atoms with E-state index in [0.29, 0.717) is 6.04 Å². The number of halogens is 1. The molecule has 0 fully saturated rings. The summed E-state index contributed by atoms with van der Waals surface area (Å²) in [4.78, 5) is 1.33. The van der Waals surface area contributed by atoms with E-state index in [1.165, 1.54) is 4.88 Å². The van der Waals surface area contributed by atoms with E-state index < -0.39 is 0 Å². The second-order valence-electron chi connectivity index (χ2n) is 3.85. The van der Waals surface area contributed by atoms with Crippen LogP contribution in [0, 0.1) is 6.92 Å². The number of benzene rings is 1. The van der Waals surface area contributed by atoms with Crippen LogP contribution < -0.4 is 5.32 Å². The number of hydrogen-bond acceptors (Lipinski definition) is 2. The lowest BCUT2D eigenvalue weighted by atomic mass is 10.2. The summed E-state index contributed by atoms with van der Waals surface area (Å²) in [5, 5.41) is 6.34. The van der Waals surface area contributed by atoms with Crippen LogP contribution in [0.3, 0.4) is 0 Å². The molecule has 0 bridgehead atoms. The molecule has 1 aromatic heterocycles. The van der Waals surface area contributed by atoms with Gasteiger partial charge in [0.25, 0.3) is 0 Å². The first kappa shape index (κ1) is 11.5. The summed E-state index contributed by atoms with van der Waals surface area (Å²) in [6.45, 7) is 4.16. The van der Waals surface area contributed by atoms with Crippen molar-refractivity contribution in [2.45, 2.75) is 19.9 Å². The Kier molecular flexibility index (Phi) is 3.52. The zero-order chi connectivity index (χ0) is 11.5. The van der Waals surface area contributed by atoms with Crippen molar-refractivity contribution in [3.63, 3.8) is 0 Å². The molecule has 1 heterocycles. The first-order valence-electron chi connectivity index (χ1n) is 5.23. The van der Waals surface area contributed by atoms with Crippen molar-refractivity contribution >= 4 is 28.6 Å². The smallest absolute Gasteiger partial charge is 0.0578 e. The molecule has 84 valence electrons. The van der Waals surface area contributed by atoms with Gasteiger partial charge in [0.05, 0.1) is 6.04 Å². The van der Waals surface area contributed by atoms with Crippen LogP contribution in [0.15, 0.2) is 35.7 Å². The highest BCUT2D eigenvalue weighted by Gasteiger charge is 2.06. The van der Waals surface area contributed by atoms with Crippen molar-refractivity contribution in [2.75, 3.05) is 5.32 Å². The zero-order valence-electron chi connectivity index (χ0n) is 9.33. The Labute approximate surface area is 105 Å². The number of anilines is 1. The largest absolute Gasteiger partial charge is 0.378 e. The number of nitrogens with one attached hydrogen (secondary N) is 1. The molecule has 0 radical (unpaired) electrons. The van der Waals surface area contributed by atoms with Crippen molar-refractivity contribution < 1.29 is 0 Å². The standard InChI is InChI=1S/C13H14ClNS/c1-9-5-6-11(8-12(9)14)15-10(2)13-4-3-7-16-13/h3-8,10,15H,1-2H3. The van der Waals surface area contributed by atoms with Gasteiger partial charge in [0, 0.05) is 15.6 Å². The van der Waals surface area contributed by atoms with Crippen LogP contribution in [0.2, 0.25) is 5.02 Å². The number of thiophene rings is 1. The molecule has 2 aromatic rings. The van der Waals surface area contributed by atoms with Crippen LogP contribution in [0.5, 0.6) is 0 Å². The summed E-state index contributed by atoms with van der Waals surface area (Å²) in [5.74, 6) is 0. The van der Waals surface area contributed by atoms with Crippen LogP contribution in [-0.2, 0) is 0 Å². The lowest BCUT2D eigenvalue weighted by molar-refractivity contribution is 0.908. The second-order valence-corrected chi connectivity index (χ2v) is 5.23. The quantitative estimate of drug-likeness (QED) is 0.820. The minimum absolute atomic E-state index is 0.318. The summed E-state index contributed by atoms with van der Waals surface area (Å²) in [7, 11) is 0. The fourth-order valence-corrected chi connectivity index (χ4v) is 2.46. The monoisotopic (exact) mass is 251 g/mol. The SMILES string of the molecule is Cc1ccc(NC(C)c2cccs2)cc1Cl. The molecular formula is C13H14ClNS. The first-order chi connectivity index (χ1) is 7.66. The van der Waals surface area contributed by atoms with E-state index in [0.717, 1.165) is 16.3 Å². The Morgan fingerprint density at radius 1 is 1.31 bits per heavy atom. The van der Waals surface area contributed by atoms with Gasteiger partial charge in [-0.1, -0.05) is 23.7 Å². The summed E-state index contributed by atoms with van der Waals surface area (Å²) in [6, 6.07) is 10.6. The Balaban J connectivity index is 2.12. The maximum atomic E-state index is 6.08. The minimum atomic E-state index is 0.318. The highest BCUT2D eigenvalue weighted by atomic mass is 35.5. The highest BCUT2D eigenvalue weighted by molar-refractivity contribution is 7.10. The van der Waals surface area contributed by atoms with Gasteiger partial charge in [0.1, 0.15) is 0 Å². The Hall–Kier alpha value is -0.990. The summed E-state index contributed by atoms with van der Waals surface area (Å²) < 4.78 is 0. The third kappa shape index (κ3) is 2.57. The maximum Gasteiger partial charge on any atom is 0.0578 e.